The fourth-order valence-electron chi connectivity index (χ4n) is 0.743. The standard InChI is InChI=1S/C10H18O4Si/c1-8(2)13-9(11)6-7-10(12)14-15(3,4)5/h6-8H,1-5H3. The third-order valence-corrected chi connectivity index (χ3v) is 1.93. The van der Waals surface area contributed by atoms with Gasteiger partial charge in [0.05, 0.1) is 6.10 Å². The zero-order valence-corrected chi connectivity index (χ0v) is 10.9. The number of rotatable bonds is 4. The van der Waals surface area contributed by atoms with Crippen LogP contribution in [-0.2, 0) is 18.8 Å². The SMILES string of the molecule is CC(C)OC(=O)C=CC(=O)O[Si](C)(C)C. The van der Waals surface area contributed by atoms with Gasteiger partial charge >= 0.3 is 11.9 Å². The van der Waals surface area contributed by atoms with Crippen molar-refractivity contribution in [2.24, 2.45) is 0 Å². The molecule has 5 heteroatoms. The molecule has 0 spiro atoms. The quantitative estimate of drug-likeness (QED) is 0.420. The van der Waals surface area contributed by atoms with Gasteiger partial charge in [0.2, 0.25) is 8.32 Å². The lowest BCUT2D eigenvalue weighted by atomic mass is 10.4. The molecule has 86 valence electrons. The highest BCUT2D eigenvalue weighted by Crippen LogP contribution is 2.03. The zero-order valence-electron chi connectivity index (χ0n) is 9.87. The maximum absolute atomic E-state index is 11.2. The summed E-state index contributed by atoms with van der Waals surface area (Å²) in [7, 11) is -1.88. The van der Waals surface area contributed by atoms with Crippen LogP contribution in [0.3, 0.4) is 0 Å². The van der Waals surface area contributed by atoms with Crippen molar-refractivity contribution in [2.45, 2.75) is 39.6 Å². The van der Waals surface area contributed by atoms with E-state index in [9.17, 15) is 9.59 Å². The van der Waals surface area contributed by atoms with E-state index in [0.717, 1.165) is 12.2 Å². The molecule has 0 saturated carbocycles. The molecule has 0 atom stereocenters. The van der Waals surface area contributed by atoms with Crippen LogP contribution in [-0.4, -0.2) is 26.4 Å². The minimum absolute atomic E-state index is 0.185. The Balaban J connectivity index is 4.07. The molecule has 0 aromatic carbocycles. The van der Waals surface area contributed by atoms with E-state index in [1.54, 1.807) is 13.8 Å². The van der Waals surface area contributed by atoms with Gasteiger partial charge in [0.1, 0.15) is 0 Å². The van der Waals surface area contributed by atoms with Gasteiger partial charge in [0.25, 0.3) is 0 Å². The van der Waals surface area contributed by atoms with E-state index in [4.69, 9.17) is 9.16 Å². The summed E-state index contributed by atoms with van der Waals surface area (Å²) in [5.74, 6) is -1.02. The second-order valence-corrected chi connectivity index (χ2v) is 8.78. The van der Waals surface area contributed by atoms with Gasteiger partial charge in [-0.15, -0.1) is 0 Å². The van der Waals surface area contributed by atoms with Gasteiger partial charge in [0.15, 0.2) is 0 Å². The first kappa shape index (κ1) is 13.9. The first-order chi connectivity index (χ1) is 6.70. The lowest BCUT2D eigenvalue weighted by molar-refractivity contribution is -0.141. The number of carbonyl (C=O) groups is 2. The van der Waals surface area contributed by atoms with Crippen LogP contribution in [0.2, 0.25) is 19.6 Å². The molecule has 0 amide bonds. The van der Waals surface area contributed by atoms with Gasteiger partial charge in [-0.3, -0.25) is 0 Å². The van der Waals surface area contributed by atoms with Gasteiger partial charge in [-0.25, -0.2) is 9.59 Å². The van der Waals surface area contributed by atoms with Crippen molar-refractivity contribution in [1.29, 1.82) is 0 Å². The van der Waals surface area contributed by atoms with Crippen molar-refractivity contribution in [1.82, 2.24) is 0 Å². The Kier molecular flexibility index (Phi) is 5.28. The summed E-state index contributed by atoms with van der Waals surface area (Å²) in [6.07, 6.45) is 2.00. The first-order valence-corrected chi connectivity index (χ1v) is 8.23. The van der Waals surface area contributed by atoms with Crippen LogP contribution in [0.1, 0.15) is 13.8 Å². The third-order valence-electron chi connectivity index (χ3n) is 1.11. The zero-order chi connectivity index (χ0) is 12.1. The molecule has 0 bridgehead atoms. The summed E-state index contributed by atoms with van der Waals surface area (Å²) in [6.45, 7) is 9.17. The predicted octanol–water partition coefficient (Wildman–Crippen LogP) is 1.87. The second kappa shape index (κ2) is 5.70. The summed E-state index contributed by atoms with van der Waals surface area (Å²) >= 11 is 0. The van der Waals surface area contributed by atoms with Crippen LogP contribution in [0, 0.1) is 0 Å². The minimum Gasteiger partial charge on any atom is -0.517 e. The first-order valence-electron chi connectivity index (χ1n) is 4.82. The largest absolute Gasteiger partial charge is 0.517 e. The Hall–Kier alpha value is -1.10. The van der Waals surface area contributed by atoms with Crippen molar-refractivity contribution < 1.29 is 18.8 Å². The summed E-state index contributed by atoms with van der Waals surface area (Å²) < 4.78 is 9.91. The average Bonchev–Trinajstić information content (AvgIpc) is 1.96. The monoisotopic (exact) mass is 230 g/mol. The maximum atomic E-state index is 11.2. The van der Waals surface area contributed by atoms with Gasteiger partial charge in [-0.05, 0) is 33.5 Å². The highest BCUT2D eigenvalue weighted by atomic mass is 28.4. The van der Waals surface area contributed by atoms with Gasteiger partial charge in [-0.1, -0.05) is 0 Å². The van der Waals surface area contributed by atoms with Crippen LogP contribution in [0.4, 0.5) is 0 Å². The highest BCUT2D eigenvalue weighted by molar-refractivity contribution is 6.71. The second-order valence-electron chi connectivity index (χ2n) is 4.35. The summed E-state index contributed by atoms with van der Waals surface area (Å²) in [4.78, 5) is 22.2. The van der Waals surface area contributed by atoms with Gasteiger partial charge in [0, 0.05) is 12.2 Å². The Bertz CT molecular complexity index is 263. The summed E-state index contributed by atoms with van der Waals surface area (Å²) in [5, 5.41) is 0. The molecule has 0 aliphatic heterocycles. The number of hydrogen-bond donors (Lipinski definition) is 0. The molecule has 0 unspecified atom stereocenters. The molecule has 0 aromatic rings. The lowest BCUT2D eigenvalue weighted by Crippen LogP contribution is -2.28. The third kappa shape index (κ3) is 9.21. The lowest BCUT2D eigenvalue weighted by Gasteiger charge is -2.15. The van der Waals surface area contributed by atoms with E-state index < -0.39 is 20.3 Å². The molecule has 4 nitrogen and oxygen atoms in total. The molecule has 0 N–H and O–H groups in total. The number of esters is 1. The van der Waals surface area contributed by atoms with E-state index in [0.29, 0.717) is 0 Å². The molecule has 0 radical (unpaired) electrons. The number of ether oxygens (including phenoxy) is 1. The molecule has 0 saturated heterocycles. The molecule has 0 aromatic heterocycles. The topological polar surface area (TPSA) is 52.6 Å². The van der Waals surface area contributed by atoms with Crippen molar-refractivity contribution in [3.8, 4) is 0 Å². The normalized spacial score (nSPS) is 11.9. The van der Waals surface area contributed by atoms with Gasteiger partial charge in [-0.2, -0.15) is 0 Å². The number of carbonyl (C=O) groups excluding carboxylic acids is 2. The maximum Gasteiger partial charge on any atom is 0.331 e. The average molecular weight is 230 g/mol. The molecular formula is C10H18O4Si. The highest BCUT2D eigenvalue weighted by Gasteiger charge is 2.18. The Morgan fingerprint density at radius 2 is 1.53 bits per heavy atom. The van der Waals surface area contributed by atoms with E-state index in [2.05, 4.69) is 0 Å². The molecule has 0 aliphatic carbocycles. The van der Waals surface area contributed by atoms with E-state index in [1.807, 2.05) is 19.6 Å². The molecule has 0 fully saturated rings. The predicted molar refractivity (Wildman–Crippen MR) is 59.8 cm³/mol. The molecule has 0 heterocycles. The van der Waals surface area contributed by atoms with E-state index in [-0.39, 0.29) is 6.10 Å². The molecule has 0 rings (SSSR count). The minimum atomic E-state index is -1.88. The van der Waals surface area contributed by atoms with Crippen molar-refractivity contribution in [3.63, 3.8) is 0 Å². The van der Waals surface area contributed by atoms with E-state index >= 15 is 0 Å². The Morgan fingerprint density at radius 3 is 1.93 bits per heavy atom. The molecular weight excluding hydrogens is 212 g/mol. The summed E-state index contributed by atoms with van der Waals surface area (Å²) in [5.41, 5.74) is 0. The van der Waals surface area contributed by atoms with E-state index in [1.165, 1.54) is 0 Å². The van der Waals surface area contributed by atoms with Crippen LogP contribution >= 0.6 is 0 Å². The molecule has 15 heavy (non-hydrogen) atoms. The Labute approximate surface area is 91.4 Å². The van der Waals surface area contributed by atoms with Crippen LogP contribution < -0.4 is 0 Å². The van der Waals surface area contributed by atoms with Crippen LogP contribution in [0.15, 0.2) is 12.2 Å². The van der Waals surface area contributed by atoms with Crippen molar-refractivity contribution >= 4 is 20.3 Å². The molecule has 0 aliphatic rings. The van der Waals surface area contributed by atoms with Crippen molar-refractivity contribution in [3.05, 3.63) is 12.2 Å². The van der Waals surface area contributed by atoms with Crippen LogP contribution in [0.25, 0.3) is 0 Å². The fourth-order valence-corrected chi connectivity index (χ4v) is 1.42. The van der Waals surface area contributed by atoms with Crippen molar-refractivity contribution in [2.75, 3.05) is 0 Å². The number of hydrogen-bond acceptors (Lipinski definition) is 4. The summed E-state index contributed by atoms with van der Waals surface area (Å²) in [6, 6.07) is 0. The smallest absolute Gasteiger partial charge is 0.331 e. The van der Waals surface area contributed by atoms with Gasteiger partial charge < -0.3 is 9.16 Å². The Morgan fingerprint density at radius 1 is 1.07 bits per heavy atom. The fraction of sp³-hybridized carbons (Fsp3) is 0.600. The van der Waals surface area contributed by atoms with Crippen LogP contribution in [0.5, 0.6) is 0 Å².